The van der Waals surface area contributed by atoms with Crippen LogP contribution in [0.2, 0.25) is 0 Å². The molecular weight excluding hydrogens is 298 g/mol. The maximum atomic E-state index is 5.58. The highest BCUT2D eigenvalue weighted by Crippen LogP contribution is 2.17. The molecule has 1 N–H and O–H groups in total. The number of rotatable bonds is 7. The van der Waals surface area contributed by atoms with E-state index in [2.05, 4.69) is 39.6 Å². The number of anilines is 1. The van der Waals surface area contributed by atoms with E-state index in [-0.39, 0.29) is 6.10 Å². The first-order valence-corrected chi connectivity index (χ1v) is 8.02. The first-order chi connectivity index (χ1) is 11.8. The molecule has 1 unspecified atom stereocenters. The summed E-state index contributed by atoms with van der Waals surface area (Å²) < 4.78 is 5.58. The van der Waals surface area contributed by atoms with E-state index in [0.29, 0.717) is 6.54 Å². The molecule has 122 valence electrons. The van der Waals surface area contributed by atoms with E-state index in [0.717, 1.165) is 23.6 Å². The van der Waals surface area contributed by atoms with Crippen molar-refractivity contribution in [2.24, 2.45) is 0 Å². The third-order valence-corrected chi connectivity index (χ3v) is 3.83. The Labute approximate surface area is 142 Å². The minimum absolute atomic E-state index is 0.0151. The molecular formula is C20H21N3O. The van der Waals surface area contributed by atoms with E-state index in [1.54, 1.807) is 13.3 Å². The second kappa shape index (κ2) is 8.22. The number of hydrogen-bond donors (Lipinski definition) is 1. The summed E-state index contributed by atoms with van der Waals surface area (Å²) in [6.45, 7) is 0.655. The molecule has 3 rings (SSSR count). The topological polar surface area (TPSA) is 47.0 Å². The largest absolute Gasteiger partial charge is 0.375 e. The predicted octanol–water partition coefficient (Wildman–Crippen LogP) is 3.87. The van der Waals surface area contributed by atoms with Gasteiger partial charge in [-0.25, -0.2) is 9.97 Å². The van der Waals surface area contributed by atoms with Crippen molar-refractivity contribution >= 4 is 5.82 Å². The number of hydrogen-bond acceptors (Lipinski definition) is 4. The number of ether oxygens (including phenoxy) is 1. The summed E-state index contributed by atoms with van der Waals surface area (Å²) in [5.74, 6) is 1.62. The van der Waals surface area contributed by atoms with Gasteiger partial charge >= 0.3 is 0 Å². The third-order valence-electron chi connectivity index (χ3n) is 3.83. The maximum absolute atomic E-state index is 5.58. The molecule has 0 aliphatic rings. The van der Waals surface area contributed by atoms with Gasteiger partial charge in [-0.05, 0) is 17.2 Å². The molecule has 4 nitrogen and oxygen atoms in total. The Bertz CT molecular complexity index is 747. The lowest BCUT2D eigenvalue weighted by atomic mass is 10.1. The van der Waals surface area contributed by atoms with Crippen LogP contribution < -0.4 is 5.32 Å². The van der Waals surface area contributed by atoms with Crippen LogP contribution in [0.3, 0.4) is 0 Å². The van der Waals surface area contributed by atoms with Gasteiger partial charge in [0.15, 0.2) is 0 Å². The Morgan fingerprint density at radius 1 is 0.958 bits per heavy atom. The van der Waals surface area contributed by atoms with Crippen molar-refractivity contribution in [2.45, 2.75) is 12.5 Å². The smallest absolute Gasteiger partial charge is 0.135 e. The van der Waals surface area contributed by atoms with Crippen LogP contribution in [0.4, 0.5) is 5.82 Å². The molecule has 4 heteroatoms. The van der Waals surface area contributed by atoms with Gasteiger partial charge < -0.3 is 10.1 Å². The lowest BCUT2D eigenvalue weighted by molar-refractivity contribution is 0.114. The Balaban J connectivity index is 1.64. The first-order valence-electron chi connectivity index (χ1n) is 8.02. The van der Waals surface area contributed by atoms with Crippen molar-refractivity contribution in [2.75, 3.05) is 19.0 Å². The van der Waals surface area contributed by atoms with E-state index < -0.39 is 0 Å². The van der Waals surface area contributed by atoms with Crippen LogP contribution in [0, 0.1) is 0 Å². The number of aromatic nitrogens is 2. The Morgan fingerprint density at radius 2 is 1.67 bits per heavy atom. The predicted molar refractivity (Wildman–Crippen MR) is 96.0 cm³/mol. The fraction of sp³-hybridized carbons (Fsp3) is 0.200. The van der Waals surface area contributed by atoms with E-state index in [1.165, 1.54) is 5.56 Å². The molecule has 0 saturated carbocycles. The van der Waals surface area contributed by atoms with Gasteiger partial charge in [-0.15, -0.1) is 0 Å². The molecule has 0 radical (unpaired) electrons. The van der Waals surface area contributed by atoms with Crippen molar-refractivity contribution in [3.05, 3.63) is 89.9 Å². The quantitative estimate of drug-likeness (QED) is 0.718. The second-order valence-corrected chi connectivity index (χ2v) is 5.54. The summed E-state index contributed by atoms with van der Waals surface area (Å²) in [7, 11) is 1.72. The normalized spacial score (nSPS) is 11.9. The zero-order valence-corrected chi connectivity index (χ0v) is 13.7. The Morgan fingerprint density at radius 3 is 2.38 bits per heavy atom. The van der Waals surface area contributed by atoms with Gasteiger partial charge in [0.05, 0.1) is 6.10 Å². The standard InChI is InChI=1S/C20H21N3O/c1-24-18(17-10-6-3-7-11-17)15-22-19-12-13-21-20(23-19)14-16-8-4-2-5-9-16/h2-13,18H,14-15H2,1H3,(H,21,22,23). The molecule has 1 aromatic heterocycles. The van der Waals surface area contributed by atoms with Crippen molar-refractivity contribution in [1.29, 1.82) is 0 Å². The third kappa shape index (κ3) is 4.40. The zero-order chi connectivity index (χ0) is 16.6. The molecule has 1 atom stereocenters. The molecule has 0 aliphatic heterocycles. The van der Waals surface area contributed by atoms with Crippen LogP contribution >= 0.6 is 0 Å². The lowest BCUT2D eigenvalue weighted by Crippen LogP contribution is -2.15. The summed E-state index contributed by atoms with van der Waals surface area (Å²) in [4.78, 5) is 8.95. The zero-order valence-electron chi connectivity index (χ0n) is 13.7. The van der Waals surface area contributed by atoms with Crippen molar-refractivity contribution in [1.82, 2.24) is 9.97 Å². The van der Waals surface area contributed by atoms with Crippen molar-refractivity contribution in [3.63, 3.8) is 0 Å². The van der Waals surface area contributed by atoms with Gasteiger partial charge in [0.1, 0.15) is 11.6 Å². The lowest BCUT2D eigenvalue weighted by Gasteiger charge is -2.17. The summed E-state index contributed by atoms with van der Waals surface area (Å²) in [5, 5.41) is 3.34. The minimum Gasteiger partial charge on any atom is -0.375 e. The van der Waals surface area contributed by atoms with Crippen LogP contribution in [-0.2, 0) is 11.2 Å². The first kappa shape index (κ1) is 16.1. The molecule has 2 aromatic carbocycles. The highest BCUT2D eigenvalue weighted by atomic mass is 16.5. The minimum atomic E-state index is -0.0151. The average molecular weight is 319 g/mol. The van der Waals surface area contributed by atoms with Crippen LogP contribution in [0.15, 0.2) is 72.9 Å². The summed E-state index contributed by atoms with van der Waals surface area (Å²) in [6.07, 6.45) is 2.50. The fourth-order valence-electron chi connectivity index (χ4n) is 2.56. The Kier molecular flexibility index (Phi) is 5.53. The van der Waals surface area contributed by atoms with Gasteiger partial charge in [-0.3, -0.25) is 0 Å². The molecule has 0 spiro atoms. The maximum Gasteiger partial charge on any atom is 0.135 e. The van der Waals surface area contributed by atoms with Crippen LogP contribution in [-0.4, -0.2) is 23.6 Å². The van der Waals surface area contributed by atoms with Crippen molar-refractivity contribution in [3.8, 4) is 0 Å². The van der Waals surface area contributed by atoms with Gasteiger partial charge in [0.25, 0.3) is 0 Å². The molecule has 1 heterocycles. The highest BCUT2D eigenvalue weighted by molar-refractivity contribution is 5.34. The number of nitrogens with one attached hydrogen (secondary N) is 1. The number of nitrogens with zero attached hydrogens (tertiary/aromatic N) is 2. The highest BCUT2D eigenvalue weighted by Gasteiger charge is 2.10. The van der Waals surface area contributed by atoms with Crippen LogP contribution in [0.25, 0.3) is 0 Å². The SMILES string of the molecule is COC(CNc1ccnc(Cc2ccccc2)n1)c1ccccc1. The number of methoxy groups -OCH3 is 1. The molecule has 0 amide bonds. The van der Waals surface area contributed by atoms with Gasteiger partial charge in [-0.1, -0.05) is 60.7 Å². The summed E-state index contributed by atoms with van der Waals surface area (Å²) >= 11 is 0. The van der Waals surface area contributed by atoms with E-state index in [1.807, 2.05) is 42.5 Å². The van der Waals surface area contributed by atoms with Gasteiger partial charge in [0, 0.05) is 26.3 Å². The molecule has 0 saturated heterocycles. The fourth-order valence-corrected chi connectivity index (χ4v) is 2.56. The van der Waals surface area contributed by atoms with E-state index >= 15 is 0 Å². The van der Waals surface area contributed by atoms with Crippen LogP contribution in [0.5, 0.6) is 0 Å². The van der Waals surface area contributed by atoms with E-state index in [4.69, 9.17) is 4.74 Å². The molecule has 24 heavy (non-hydrogen) atoms. The van der Waals surface area contributed by atoms with Gasteiger partial charge in [-0.2, -0.15) is 0 Å². The van der Waals surface area contributed by atoms with Crippen LogP contribution in [0.1, 0.15) is 23.1 Å². The second-order valence-electron chi connectivity index (χ2n) is 5.54. The van der Waals surface area contributed by atoms with Gasteiger partial charge in [0.2, 0.25) is 0 Å². The molecule has 0 fully saturated rings. The monoisotopic (exact) mass is 319 g/mol. The molecule has 0 aliphatic carbocycles. The van der Waals surface area contributed by atoms with E-state index in [9.17, 15) is 0 Å². The summed E-state index contributed by atoms with van der Waals surface area (Å²) in [6, 6.07) is 22.3. The number of benzene rings is 2. The Hall–Kier alpha value is -2.72. The summed E-state index contributed by atoms with van der Waals surface area (Å²) in [5.41, 5.74) is 2.35. The average Bonchev–Trinajstić information content (AvgIpc) is 2.64. The molecule has 3 aromatic rings. The molecule has 0 bridgehead atoms. The van der Waals surface area contributed by atoms with Crippen molar-refractivity contribution < 1.29 is 4.74 Å².